The number of carbonyl (C=O) groups is 2. The van der Waals surface area contributed by atoms with Crippen LogP contribution in [0.4, 0.5) is 26.3 Å². The van der Waals surface area contributed by atoms with E-state index >= 15 is 0 Å². The topological polar surface area (TPSA) is 167 Å². The maximum atomic E-state index is 14.3. The number of ether oxygens (including phenoxy) is 1. The van der Waals surface area contributed by atoms with Crippen molar-refractivity contribution in [2.45, 2.75) is 47.6 Å². The fraction of sp³-hybridized carbons (Fsp3) is 0.136. The maximum Gasteiger partial charge on any atom is 0.431 e. The third-order valence-electron chi connectivity index (χ3n) is 10.4. The zero-order chi connectivity index (χ0) is 44.3. The predicted octanol–water partition coefficient (Wildman–Crippen LogP) is 7.96. The number of rotatable bonds is 7. The first-order chi connectivity index (χ1) is 29.3. The summed E-state index contributed by atoms with van der Waals surface area (Å²) in [6, 6.07) is 21.9. The number of halogens is 6. The molecular formula is C44H30F6N4O7S. The number of H-pyrrole nitrogens is 2. The molecule has 0 bridgehead atoms. The summed E-state index contributed by atoms with van der Waals surface area (Å²) in [5.74, 6) is -1.45. The molecule has 2 unspecified atom stereocenters. The van der Waals surface area contributed by atoms with Crippen LogP contribution in [0.5, 0.6) is 11.5 Å². The molecular weight excluding hydrogens is 843 g/mol. The maximum absolute atomic E-state index is 14.3. The molecule has 0 aliphatic carbocycles. The fourth-order valence-electron chi connectivity index (χ4n) is 7.48. The number of alkyl halides is 6. The number of carbonyl (C=O) groups excluding carboxylic acids is 2. The smallest absolute Gasteiger partial charge is 0.431 e. The number of amides is 2. The van der Waals surface area contributed by atoms with E-state index in [1.165, 1.54) is 30.3 Å². The Kier molecular flexibility index (Phi) is 10.3. The van der Waals surface area contributed by atoms with E-state index in [1.807, 2.05) is 0 Å². The Labute approximate surface area is 347 Å². The second-order valence-corrected chi connectivity index (χ2v) is 16.4. The van der Waals surface area contributed by atoms with Gasteiger partial charge in [-0.3, -0.25) is 19.2 Å². The van der Waals surface area contributed by atoms with E-state index in [9.17, 15) is 53.9 Å². The molecule has 62 heavy (non-hydrogen) atoms. The molecule has 0 saturated heterocycles. The van der Waals surface area contributed by atoms with E-state index in [1.54, 1.807) is 77.6 Å². The molecule has 4 N–H and O–H groups in total. The summed E-state index contributed by atoms with van der Waals surface area (Å²) >= 11 is 0. The quantitative estimate of drug-likeness (QED) is 0.118. The van der Waals surface area contributed by atoms with Gasteiger partial charge in [0.1, 0.15) is 34.0 Å². The highest BCUT2D eigenvalue weighted by Gasteiger charge is 2.39. The number of aromatic nitrogens is 2. The lowest BCUT2D eigenvalue weighted by Crippen LogP contribution is -2.37. The number of aryl methyl sites for hydroxylation is 1. The summed E-state index contributed by atoms with van der Waals surface area (Å²) in [5, 5.41) is 5.35. The summed E-state index contributed by atoms with van der Waals surface area (Å²) < 4.78 is 115. The van der Waals surface area contributed by atoms with Gasteiger partial charge in [-0.15, -0.1) is 0 Å². The van der Waals surface area contributed by atoms with E-state index in [0.29, 0.717) is 34.1 Å². The van der Waals surface area contributed by atoms with Gasteiger partial charge in [0, 0.05) is 16.7 Å². The third-order valence-corrected chi connectivity index (χ3v) is 12.3. The van der Waals surface area contributed by atoms with Gasteiger partial charge in [-0.2, -0.15) is 26.3 Å². The SMILES string of the molecule is Cc1ccc2c(c1)C(NC(=O)c1cc(/C=C\Cc3ccc4c(c3)C(NC(=O)c3ccc(C(F)(F)F)[nH]c3=O)c3ccccc3O4)c(C(F)(F)F)[nH]c1=O)c1ccccc1S2(=O)=O. The number of pyridine rings is 2. The van der Waals surface area contributed by atoms with Crippen molar-refractivity contribution in [2.24, 2.45) is 0 Å². The second kappa shape index (κ2) is 15.4. The van der Waals surface area contributed by atoms with Gasteiger partial charge in [0.2, 0.25) is 9.84 Å². The molecule has 4 aromatic carbocycles. The molecule has 11 nitrogen and oxygen atoms in total. The zero-order valence-electron chi connectivity index (χ0n) is 31.9. The van der Waals surface area contributed by atoms with Crippen molar-refractivity contribution in [2.75, 3.05) is 0 Å². The first-order valence-electron chi connectivity index (χ1n) is 18.6. The molecule has 316 valence electrons. The predicted molar refractivity (Wildman–Crippen MR) is 212 cm³/mol. The molecule has 6 aromatic rings. The Morgan fingerprint density at radius 2 is 1.31 bits per heavy atom. The number of hydrogen-bond acceptors (Lipinski definition) is 7. The number of nitrogens with one attached hydrogen (secondary N) is 4. The van der Waals surface area contributed by atoms with Crippen LogP contribution in [0.25, 0.3) is 6.08 Å². The number of allylic oxidation sites excluding steroid dienone is 1. The second-order valence-electron chi connectivity index (χ2n) is 14.5. The standard InChI is InChI=1S/C44H30F6N4O7S/c1-22-13-17-34-29(19-22)37(26-10-3-5-12-33(26)62(34,59)60)53-41(57)30-21-24(38(44(48,49)50)54-42(30)58)8-6-7-23-14-16-32-28(20-23)36(25-9-2-4-11-31(25)61-32)52-40(56)27-15-18-35(43(45,46)47)51-39(27)55/h2-6,8-21,36-37H,7H2,1H3,(H,51,55)(H,52,56)(H,53,57)(H,54,58)/b8-6-. The van der Waals surface area contributed by atoms with E-state index in [0.717, 1.165) is 18.2 Å². The van der Waals surface area contributed by atoms with E-state index in [4.69, 9.17) is 4.74 Å². The monoisotopic (exact) mass is 872 g/mol. The minimum absolute atomic E-state index is 0.0322. The summed E-state index contributed by atoms with van der Waals surface area (Å²) in [5.41, 5.74) is -4.82. The normalized spacial score (nSPS) is 16.3. The summed E-state index contributed by atoms with van der Waals surface area (Å²) in [4.78, 5) is 56.1. The van der Waals surface area contributed by atoms with Crippen molar-refractivity contribution >= 4 is 27.7 Å². The first kappa shape index (κ1) is 41.5. The fourth-order valence-corrected chi connectivity index (χ4v) is 9.20. The van der Waals surface area contributed by atoms with Crippen LogP contribution in [0.15, 0.2) is 129 Å². The first-order valence-corrected chi connectivity index (χ1v) is 20.1. The van der Waals surface area contributed by atoms with Crippen molar-refractivity contribution in [3.8, 4) is 11.5 Å². The van der Waals surface area contributed by atoms with Crippen molar-refractivity contribution < 1.29 is 49.1 Å². The van der Waals surface area contributed by atoms with Gasteiger partial charge in [0.05, 0.1) is 21.9 Å². The van der Waals surface area contributed by atoms with Crippen LogP contribution >= 0.6 is 0 Å². The lowest BCUT2D eigenvalue weighted by atomic mass is 9.92. The molecule has 0 saturated carbocycles. The van der Waals surface area contributed by atoms with Crippen LogP contribution in [0.2, 0.25) is 0 Å². The average molecular weight is 873 g/mol. The molecule has 2 aliphatic heterocycles. The average Bonchev–Trinajstić information content (AvgIpc) is 3.21. The highest BCUT2D eigenvalue weighted by molar-refractivity contribution is 7.91. The van der Waals surface area contributed by atoms with Gasteiger partial charge in [-0.25, -0.2) is 8.42 Å². The van der Waals surface area contributed by atoms with E-state index < -0.39 is 85.3 Å². The van der Waals surface area contributed by atoms with Gasteiger partial charge < -0.3 is 25.3 Å². The summed E-state index contributed by atoms with van der Waals surface area (Å²) in [7, 11) is -3.99. The summed E-state index contributed by atoms with van der Waals surface area (Å²) in [6.07, 6.45) is -7.53. The number of hydrogen-bond donors (Lipinski definition) is 4. The molecule has 0 radical (unpaired) electrons. The van der Waals surface area contributed by atoms with Gasteiger partial charge in [0.15, 0.2) is 0 Å². The molecule has 2 amide bonds. The minimum atomic E-state index is -5.06. The highest BCUT2D eigenvalue weighted by Crippen LogP contribution is 2.44. The van der Waals surface area contributed by atoms with Crippen LogP contribution in [-0.2, 0) is 28.6 Å². The Morgan fingerprint density at radius 3 is 2.02 bits per heavy atom. The van der Waals surface area contributed by atoms with Crippen molar-refractivity contribution in [3.63, 3.8) is 0 Å². The van der Waals surface area contributed by atoms with Gasteiger partial charge >= 0.3 is 12.4 Å². The largest absolute Gasteiger partial charge is 0.457 e. The van der Waals surface area contributed by atoms with Gasteiger partial charge in [-0.05, 0) is 78.6 Å². The van der Waals surface area contributed by atoms with Crippen molar-refractivity contribution in [1.29, 1.82) is 0 Å². The van der Waals surface area contributed by atoms with Gasteiger partial charge in [0.25, 0.3) is 22.9 Å². The van der Waals surface area contributed by atoms with Crippen LogP contribution < -0.4 is 26.5 Å². The minimum Gasteiger partial charge on any atom is -0.457 e. The van der Waals surface area contributed by atoms with Crippen LogP contribution in [-0.4, -0.2) is 30.2 Å². The highest BCUT2D eigenvalue weighted by atomic mass is 32.2. The molecule has 2 aromatic heterocycles. The van der Waals surface area contributed by atoms with E-state index in [-0.39, 0.29) is 33.1 Å². The number of fused-ring (bicyclic) bond motifs is 4. The Hall–Kier alpha value is -7.21. The number of benzene rings is 4. The number of para-hydroxylation sites is 1. The van der Waals surface area contributed by atoms with Crippen molar-refractivity contribution in [1.82, 2.24) is 20.6 Å². The molecule has 0 spiro atoms. The van der Waals surface area contributed by atoms with Gasteiger partial charge in [-0.1, -0.05) is 72.3 Å². The Bertz CT molecular complexity index is 3100. The number of aromatic amines is 2. The Morgan fingerprint density at radius 1 is 0.677 bits per heavy atom. The number of sulfone groups is 1. The van der Waals surface area contributed by atoms with Crippen LogP contribution in [0.1, 0.15) is 83.1 Å². The Balaban J connectivity index is 1.09. The molecule has 2 atom stereocenters. The molecule has 0 fully saturated rings. The molecule has 8 rings (SSSR count). The third kappa shape index (κ3) is 7.68. The van der Waals surface area contributed by atoms with E-state index in [2.05, 4.69) is 10.6 Å². The lowest BCUT2D eigenvalue weighted by Gasteiger charge is -2.29. The molecule has 2 aliphatic rings. The molecule has 4 heterocycles. The lowest BCUT2D eigenvalue weighted by molar-refractivity contribution is -0.142. The zero-order valence-corrected chi connectivity index (χ0v) is 32.7. The van der Waals surface area contributed by atoms with Crippen molar-refractivity contribution in [3.05, 3.63) is 191 Å². The van der Waals surface area contributed by atoms with Crippen LogP contribution in [0, 0.1) is 6.92 Å². The molecule has 18 heteroatoms. The van der Waals surface area contributed by atoms with Crippen LogP contribution in [0.3, 0.4) is 0 Å². The summed E-state index contributed by atoms with van der Waals surface area (Å²) in [6.45, 7) is 1.72.